The van der Waals surface area contributed by atoms with E-state index in [4.69, 9.17) is 23.4 Å². The smallest absolute Gasteiger partial charge is 0.352 e. The minimum atomic E-state index is -0.948. The summed E-state index contributed by atoms with van der Waals surface area (Å²) in [7, 11) is 3.08. The van der Waals surface area contributed by atoms with Gasteiger partial charge in [-0.15, -0.1) is 0 Å². The average Bonchev–Trinajstić information content (AvgIpc) is 2.87. The molecule has 0 bridgehead atoms. The number of esters is 1. The number of fused-ring (bicyclic) bond motifs is 1. The molecule has 7 heteroatoms. The third-order valence-electron chi connectivity index (χ3n) is 5.26. The molecule has 0 aliphatic rings. The quantitative estimate of drug-likeness (QED) is 0.265. The average molecular weight is 460 g/mol. The molecule has 1 aromatic heterocycles. The summed E-state index contributed by atoms with van der Waals surface area (Å²) < 4.78 is 27.3. The van der Waals surface area contributed by atoms with Crippen molar-refractivity contribution in [3.05, 3.63) is 88.8 Å². The van der Waals surface area contributed by atoms with Gasteiger partial charge >= 0.3 is 11.6 Å². The Morgan fingerprint density at radius 3 is 2.38 bits per heavy atom. The Labute approximate surface area is 196 Å². The van der Waals surface area contributed by atoms with Crippen molar-refractivity contribution in [1.29, 1.82) is 0 Å². The lowest BCUT2D eigenvalue weighted by Crippen LogP contribution is -2.21. The van der Waals surface area contributed by atoms with E-state index >= 15 is 0 Å². The third-order valence-corrected chi connectivity index (χ3v) is 5.26. The van der Waals surface area contributed by atoms with Crippen LogP contribution in [0, 0.1) is 0 Å². The number of carbonyl (C=O) groups excluding carboxylic acids is 1. The van der Waals surface area contributed by atoms with Crippen LogP contribution in [0.3, 0.4) is 0 Å². The Kier molecular flexibility index (Phi) is 6.82. The minimum absolute atomic E-state index is 0.233. The predicted molar refractivity (Wildman–Crippen MR) is 127 cm³/mol. The van der Waals surface area contributed by atoms with E-state index in [9.17, 15) is 9.59 Å². The molecule has 0 fully saturated rings. The zero-order valence-electron chi connectivity index (χ0n) is 19.1. The Hall–Kier alpha value is -4.26. The maximum Gasteiger partial charge on any atom is 0.352 e. The molecule has 34 heavy (non-hydrogen) atoms. The van der Waals surface area contributed by atoms with Gasteiger partial charge in [-0.2, -0.15) is 0 Å². The molecule has 174 valence electrons. The SMILES string of the molecule is CCOC(=O)[C@H](Oc1ccc2cc(-c3ccc(OC)c(OC)c3)c(=O)oc2c1)c1ccccc1. The molecule has 0 aliphatic heterocycles. The second-order valence-corrected chi connectivity index (χ2v) is 7.38. The van der Waals surface area contributed by atoms with Gasteiger partial charge in [-0.3, -0.25) is 0 Å². The van der Waals surface area contributed by atoms with Gasteiger partial charge < -0.3 is 23.4 Å². The van der Waals surface area contributed by atoms with Crippen molar-refractivity contribution in [3.63, 3.8) is 0 Å². The Morgan fingerprint density at radius 1 is 0.912 bits per heavy atom. The zero-order chi connectivity index (χ0) is 24.1. The number of carbonyl (C=O) groups is 1. The summed E-state index contributed by atoms with van der Waals surface area (Å²) in [5.41, 5.74) is 1.51. The monoisotopic (exact) mass is 460 g/mol. The Balaban J connectivity index is 1.68. The number of benzene rings is 3. The second kappa shape index (κ2) is 10.1. The summed E-state index contributed by atoms with van der Waals surface area (Å²) in [6.45, 7) is 1.97. The van der Waals surface area contributed by atoms with Crippen LogP contribution >= 0.6 is 0 Å². The number of ether oxygens (including phenoxy) is 4. The predicted octanol–water partition coefficient (Wildman–Crippen LogP) is 5.16. The number of hydrogen-bond donors (Lipinski definition) is 0. The molecule has 0 saturated heterocycles. The van der Waals surface area contributed by atoms with Crippen molar-refractivity contribution in [3.8, 4) is 28.4 Å². The molecule has 4 rings (SSSR count). The van der Waals surface area contributed by atoms with Crippen LogP contribution in [-0.2, 0) is 9.53 Å². The van der Waals surface area contributed by atoms with Crippen LogP contribution in [0.15, 0.2) is 82.0 Å². The fourth-order valence-electron chi connectivity index (χ4n) is 3.60. The van der Waals surface area contributed by atoms with Gasteiger partial charge in [-0.1, -0.05) is 36.4 Å². The summed E-state index contributed by atoms with van der Waals surface area (Å²) in [6, 6.07) is 21.1. The maximum absolute atomic E-state index is 12.8. The molecule has 0 spiro atoms. The van der Waals surface area contributed by atoms with Crippen molar-refractivity contribution in [1.82, 2.24) is 0 Å². The number of hydrogen-bond acceptors (Lipinski definition) is 7. The second-order valence-electron chi connectivity index (χ2n) is 7.38. The molecule has 1 atom stereocenters. The summed E-state index contributed by atoms with van der Waals surface area (Å²) in [6.07, 6.45) is -0.948. The number of rotatable bonds is 8. The van der Waals surface area contributed by atoms with E-state index in [1.54, 1.807) is 68.6 Å². The van der Waals surface area contributed by atoms with Crippen LogP contribution in [0.5, 0.6) is 17.2 Å². The normalized spacial score (nSPS) is 11.6. The lowest BCUT2D eigenvalue weighted by atomic mass is 10.1. The standard InChI is InChI=1S/C27H24O7/c1-4-32-27(29)25(17-8-6-5-7-9-17)33-20-12-10-19-14-21(26(28)34-23(19)16-20)18-11-13-22(30-2)24(15-18)31-3/h5-16,25H,4H2,1-3H3/t25-/m1/s1. The highest BCUT2D eigenvalue weighted by atomic mass is 16.6. The van der Waals surface area contributed by atoms with Crippen molar-refractivity contribution in [2.45, 2.75) is 13.0 Å². The highest BCUT2D eigenvalue weighted by molar-refractivity contribution is 5.83. The van der Waals surface area contributed by atoms with Gasteiger partial charge in [0.2, 0.25) is 6.10 Å². The first kappa shape index (κ1) is 22.9. The van der Waals surface area contributed by atoms with Gasteiger partial charge in [0.05, 0.1) is 26.4 Å². The largest absolute Gasteiger partial charge is 0.493 e. The van der Waals surface area contributed by atoms with Crippen molar-refractivity contribution in [2.75, 3.05) is 20.8 Å². The van der Waals surface area contributed by atoms with Crippen molar-refractivity contribution < 1.29 is 28.2 Å². The molecule has 0 aliphatic carbocycles. The van der Waals surface area contributed by atoms with Gasteiger partial charge in [0, 0.05) is 17.0 Å². The van der Waals surface area contributed by atoms with Crippen LogP contribution < -0.4 is 19.8 Å². The van der Waals surface area contributed by atoms with E-state index in [0.29, 0.717) is 44.9 Å². The Bertz CT molecular complexity index is 1360. The highest BCUT2D eigenvalue weighted by Gasteiger charge is 2.24. The van der Waals surface area contributed by atoms with Crippen molar-refractivity contribution >= 4 is 16.9 Å². The summed E-state index contributed by atoms with van der Waals surface area (Å²) >= 11 is 0. The summed E-state index contributed by atoms with van der Waals surface area (Å²) in [5, 5.41) is 0.698. The van der Waals surface area contributed by atoms with E-state index in [-0.39, 0.29) is 6.61 Å². The first-order valence-electron chi connectivity index (χ1n) is 10.7. The van der Waals surface area contributed by atoms with Gasteiger partial charge in [0.1, 0.15) is 11.3 Å². The molecule has 3 aromatic carbocycles. The zero-order valence-corrected chi connectivity index (χ0v) is 19.1. The minimum Gasteiger partial charge on any atom is -0.493 e. The molecule has 0 saturated carbocycles. The van der Waals surface area contributed by atoms with Gasteiger partial charge in [-0.25, -0.2) is 9.59 Å². The van der Waals surface area contributed by atoms with E-state index in [2.05, 4.69) is 0 Å². The summed E-state index contributed by atoms with van der Waals surface area (Å²) in [4.78, 5) is 25.3. The van der Waals surface area contributed by atoms with E-state index in [1.165, 1.54) is 7.11 Å². The molecule has 0 unspecified atom stereocenters. The third kappa shape index (κ3) is 4.73. The molecular formula is C27H24O7. The van der Waals surface area contributed by atoms with E-state index in [0.717, 1.165) is 0 Å². The lowest BCUT2D eigenvalue weighted by molar-refractivity contribution is -0.151. The molecule has 7 nitrogen and oxygen atoms in total. The molecule has 1 heterocycles. The van der Waals surface area contributed by atoms with Crippen LogP contribution in [0.2, 0.25) is 0 Å². The molecular weight excluding hydrogens is 436 g/mol. The van der Waals surface area contributed by atoms with E-state index in [1.807, 2.05) is 18.2 Å². The molecule has 0 N–H and O–H groups in total. The fraction of sp³-hybridized carbons (Fsp3) is 0.185. The summed E-state index contributed by atoms with van der Waals surface area (Å²) in [5.74, 6) is 0.942. The first-order valence-corrected chi connectivity index (χ1v) is 10.7. The molecule has 0 radical (unpaired) electrons. The van der Waals surface area contributed by atoms with Gasteiger partial charge in [0.25, 0.3) is 0 Å². The van der Waals surface area contributed by atoms with E-state index < -0.39 is 17.7 Å². The first-order chi connectivity index (χ1) is 16.5. The van der Waals surface area contributed by atoms with Gasteiger partial charge in [-0.05, 0) is 42.8 Å². The van der Waals surface area contributed by atoms with Gasteiger partial charge in [0.15, 0.2) is 11.5 Å². The van der Waals surface area contributed by atoms with Crippen LogP contribution in [0.1, 0.15) is 18.6 Å². The van der Waals surface area contributed by atoms with Crippen LogP contribution in [0.4, 0.5) is 0 Å². The Morgan fingerprint density at radius 2 is 1.68 bits per heavy atom. The maximum atomic E-state index is 12.8. The van der Waals surface area contributed by atoms with Crippen molar-refractivity contribution in [2.24, 2.45) is 0 Å². The molecule has 0 amide bonds. The van der Waals surface area contributed by atoms with Crippen LogP contribution in [0.25, 0.3) is 22.1 Å². The van der Waals surface area contributed by atoms with Crippen LogP contribution in [-0.4, -0.2) is 26.8 Å². The molecule has 4 aromatic rings. The lowest BCUT2D eigenvalue weighted by Gasteiger charge is -2.18. The fourth-order valence-corrected chi connectivity index (χ4v) is 3.60. The number of methoxy groups -OCH3 is 2. The topological polar surface area (TPSA) is 84.2 Å². The highest BCUT2D eigenvalue weighted by Crippen LogP contribution is 2.33.